The fraction of sp³-hybridized carbons (Fsp3) is 0.556. The normalized spacial score (nSPS) is 20.8. The maximum atomic E-state index is 13.0. The molecule has 1 atom stereocenters. The summed E-state index contributed by atoms with van der Waals surface area (Å²) in [5.74, 6) is 0.0591. The Morgan fingerprint density at radius 2 is 1.75 bits per heavy atom. The molecule has 0 unspecified atom stereocenters. The minimum Gasteiger partial charge on any atom is -0.352 e. The van der Waals surface area contributed by atoms with E-state index >= 15 is 0 Å². The van der Waals surface area contributed by atoms with Crippen LogP contribution in [0.25, 0.3) is 0 Å². The van der Waals surface area contributed by atoms with Gasteiger partial charge in [-0.3, -0.25) is 14.5 Å². The first-order valence-corrected chi connectivity index (χ1v) is 9.04. The van der Waals surface area contributed by atoms with Gasteiger partial charge in [0.05, 0.1) is 0 Å². The van der Waals surface area contributed by atoms with Crippen molar-refractivity contribution in [3.05, 3.63) is 34.9 Å². The number of amides is 2. The molecule has 2 aliphatic rings. The molecule has 3 rings (SSSR count). The van der Waals surface area contributed by atoms with E-state index in [1.54, 1.807) is 4.90 Å². The summed E-state index contributed by atoms with van der Waals surface area (Å²) < 4.78 is 0. The number of carbonyl (C=O) groups is 2. The Morgan fingerprint density at radius 3 is 2.33 bits per heavy atom. The fourth-order valence-electron chi connectivity index (χ4n) is 3.62. The Bertz CT molecular complexity index is 564. The van der Waals surface area contributed by atoms with Gasteiger partial charge in [-0.05, 0) is 30.5 Å². The van der Waals surface area contributed by atoms with Gasteiger partial charge in [0.1, 0.15) is 6.04 Å². The molecule has 0 aromatic heterocycles. The van der Waals surface area contributed by atoms with Crippen LogP contribution in [0.5, 0.6) is 0 Å². The number of nitrogens with zero attached hydrogens (tertiary/aromatic N) is 2. The number of rotatable bonds is 5. The van der Waals surface area contributed by atoms with Gasteiger partial charge in [0.2, 0.25) is 12.3 Å². The molecule has 1 saturated heterocycles. The van der Waals surface area contributed by atoms with E-state index in [1.165, 1.54) is 12.8 Å². The van der Waals surface area contributed by atoms with E-state index in [9.17, 15) is 9.59 Å². The quantitative estimate of drug-likeness (QED) is 0.829. The second kappa shape index (κ2) is 7.99. The Hall–Kier alpha value is -1.59. The van der Waals surface area contributed by atoms with Crippen molar-refractivity contribution < 1.29 is 9.59 Å². The van der Waals surface area contributed by atoms with Crippen LogP contribution in [0.4, 0.5) is 0 Å². The van der Waals surface area contributed by atoms with E-state index in [0.717, 1.165) is 24.8 Å². The Labute approximate surface area is 147 Å². The number of nitrogens with one attached hydrogen (secondary N) is 1. The lowest BCUT2D eigenvalue weighted by Gasteiger charge is -2.37. The van der Waals surface area contributed by atoms with Gasteiger partial charge in [0.25, 0.3) is 0 Å². The van der Waals surface area contributed by atoms with Gasteiger partial charge in [0.15, 0.2) is 0 Å². The fourth-order valence-corrected chi connectivity index (χ4v) is 3.75. The summed E-state index contributed by atoms with van der Waals surface area (Å²) in [6.45, 7) is 2.71. The predicted octanol–water partition coefficient (Wildman–Crippen LogP) is 2.21. The number of benzene rings is 1. The number of hydrogen-bond donors (Lipinski definition) is 1. The lowest BCUT2D eigenvalue weighted by Crippen LogP contribution is -2.51. The average Bonchev–Trinajstić information content (AvgIpc) is 3.10. The number of piperazine rings is 1. The minimum atomic E-state index is -0.323. The van der Waals surface area contributed by atoms with Crippen LogP contribution in [0.3, 0.4) is 0 Å². The zero-order valence-electron chi connectivity index (χ0n) is 13.8. The van der Waals surface area contributed by atoms with Crippen molar-refractivity contribution in [1.29, 1.82) is 0 Å². The standard InChI is InChI=1S/C18H24ClN3O2/c19-15-7-5-14(6-8-15)17(18(24)20-16-3-1-2-4-16)22-11-9-21(13-23)10-12-22/h5-8,13,16-17H,1-4,9-12H2,(H,20,24)/t17-/m0/s1. The highest BCUT2D eigenvalue weighted by molar-refractivity contribution is 6.30. The molecule has 0 spiro atoms. The molecule has 1 aromatic carbocycles. The van der Waals surface area contributed by atoms with Crippen LogP contribution in [-0.2, 0) is 9.59 Å². The van der Waals surface area contributed by atoms with Crippen molar-refractivity contribution in [1.82, 2.24) is 15.1 Å². The van der Waals surface area contributed by atoms with E-state index in [-0.39, 0.29) is 11.9 Å². The van der Waals surface area contributed by atoms with Gasteiger partial charge in [-0.2, -0.15) is 0 Å². The molecule has 1 aliphatic carbocycles. The molecule has 5 nitrogen and oxygen atoms in total. The van der Waals surface area contributed by atoms with E-state index in [1.807, 2.05) is 24.3 Å². The van der Waals surface area contributed by atoms with E-state index < -0.39 is 0 Å². The van der Waals surface area contributed by atoms with Gasteiger partial charge in [-0.1, -0.05) is 36.6 Å². The molecule has 0 bridgehead atoms. The smallest absolute Gasteiger partial charge is 0.242 e. The third kappa shape index (κ3) is 4.08. The lowest BCUT2D eigenvalue weighted by molar-refractivity contribution is -0.129. The molecule has 2 fully saturated rings. The molecule has 1 N–H and O–H groups in total. The van der Waals surface area contributed by atoms with E-state index in [2.05, 4.69) is 10.2 Å². The predicted molar refractivity (Wildman–Crippen MR) is 93.8 cm³/mol. The zero-order valence-corrected chi connectivity index (χ0v) is 14.5. The number of hydrogen-bond acceptors (Lipinski definition) is 3. The molecule has 130 valence electrons. The Morgan fingerprint density at radius 1 is 1.12 bits per heavy atom. The number of carbonyl (C=O) groups excluding carboxylic acids is 2. The molecule has 1 saturated carbocycles. The van der Waals surface area contributed by atoms with Crippen LogP contribution in [0.2, 0.25) is 5.02 Å². The molecule has 24 heavy (non-hydrogen) atoms. The van der Waals surface area contributed by atoms with Gasteiger partial charge < -0.3 is 10.2 Å². The first-order valence-electron chi connectivity index (χ1n) is 8.66. The van der Waals surface area contributed by atoms with E-state index in [4.69, 9.17) is 11.6 Å². The monoisotopic (exact) mass is 349 g/mol. The highest BCUT2D eigenvalue weighted by Crippen LogP contribution is 2.26. The van der Waals surface area contributed by atoms with Gasteiger partial charge in [0, 0.05) is 37.2 Å². The zero-order chi connectivity index (χ0) is 16.9. The van der Waals surface area contributed by atoms with Crippen molar-refractivity contribution in [3.63, 3.8) is 0 Å². The van der Waals surface area contributed by atoms with Crippen molar-refractivity contribution in [2.45, 2.75) is 37.8 Å². The third-order valence-electron chi connectivity index (χ3n) is 5.00. The van der Waals surface area contributed by atoms with Crippen LogP contribution < -0.4 is 5.32 Å². The average molecular weight is 350 g/mol. The number of halogens is 1. The van der Waals surface area contributed by atoms with Gasteiger partial charge in [-0.25, -0.2) is 0 Å². The summed E-state index contributed by atoms with van der Waals surface area (Å²) in [4.78, 5) is 27.8. The first-order chi connectivity index (χ1) is 11.7. The third-order valence-corrected chi connectivity index (χ3v) is 5.25. The highest BCUT2D eigenvalue weighted by atomic mass is 35.5. The summed E-state index contributed by atoms with van der Waals surface area (Å²) in [7, 11) is 0. The summed E-state index contributed by atoms with van der Waals surface area (Å²) in [6.07, 6.45) is 5.40. The lowest BCUT2D eigenvalue weighted by atomic mass is 10.0. The Kier molecular flexibility index (Phi) is 5.74. The molecule has 6 heteroatoms. The maximum Gasteiger partial charge on any atom is 0.242 e. The minimum absolute atomic E-state index is 0.0591. The van der Waals surface area contributed by atoms with Crippen molar-refractivity contribution in [2.75, 3.05) is 26.2 Å². The summed E-state index contributed by atoms with van der Waals surface area (Å²) in [5, 5.41) is 3.88. The molecule has 2 amide bonds. The van der Waals surface area contributed by atoms with Crippen LogP contribution in [0.1, 0.15) is 37.3 Å². The topological polar surface area (TPSA) is 52.7 Å². The van der Waals surface area contributed by atoms with Crippen molar-refractivity contribution in [2.24, 2.45) is 0 Å². The van der Waals surface area contributed by atoms with Crippen LogP contribution in [0.15, 0.2) is 24.3 Å². The summed E-state index contributed by atoms with van der Waals surface area (Å²) in [6, 6.07) is 7.48. The SMILES string of the molecule is O=CN1CCN([C@H](C(=O)NC2CCCC2)c2ccc(Cl)cc2)CC1. The molecular weight excluding hydrogens is 326 g/mol. The Balaban J connectivity index is 1.76. The maximum absolute atomic E-state index is 13.0. The molecule has 1 heterocycles. The molecular formula is C18H24ClN3O2. The first kappa shape index (κ1) is 17.2. The molecule has 1 aliphatic heterocycles. The molecule has 1 aromatic rings. The second-order valence-corrected chi connectivity index (χ2v) is 7.06. The van der Waals surface area contributed by atoms with Crippen molar-refractivity contribution in [3.8, 4) is 0 Å². The van der Waals surface area contributed by atoms with Gasteiger partial charge >= 0.3 is 0 Å². The van der Waals surface area contributed by atoms with Crippen molar-refractivity contribution >= 4 is 23.9 Å². The van der Waals surface area contributed by atoms with Crippen LogP contribution in [0, 0.1) is 0 Å². The van der Waals surface area contributed by atoms with Gasteiger partial charge in [-0.15, -0.1) is 0 Å². The summed E-state index contributed by atoms with van der Waals surface area (Å²) in [5.41, 5.74) is 0.953. The van der Waals surface area contributed by atoms with Crippen LogP contribution in [-0.4, -0.2) is 54.3 Å². The summed E-state index contributed by atoms with van der Waals surface area (Å²) >= 11 is 6.00. The highest BCUT2D eigenvalue weighted by Gasteiger charge is 2.31. The largest absolute Gasteiger partial charge is 0.352 e. The van der Waals surface area contributed by atoms with E-state index in [0.29, 0.717) is 37.2 Å². The molecule has 0 radical (unpaired) electrons. The van der Waals surface area contributed by atoms with Crippen LogP contribution >= 0.6 is 11.6 Å². The second-order valence-electron chi connectivity index (χ2n) is 6.62.